The molecule has 2 rings (SSSR count). The second-order valence-electron chi connectivity index (χ2n) is 5.61. The summed E-state index contributed by atoms with van der Waals surface area (Å²) in [7, 11) is 0. The second-order valence-corrected chi connectivity index (χ2v) is 5.61. The van der Waals surface area contributed by atoms with Crippen LogP contribution in [0, 0.1) is 5.92 Å². The summed E-state index contributed by atoms with van der Waals surface area (Å²) in [6, 6.07) is 0.706. The van der Waals surface area contributed by atoms with Gasteiger partial charge in [0.25, 0.3) is 0 Å². The van der Waals surface area contributed by atoms with Gasteiger partial charge in [-0.2, -0.15) is 0 Å². The fourth-order valence-electron chi connectivity index (χ4n) is 2.95. The lowest BCUT2D eigenvalue weighted by molar-refractivity contribution is -0.141. The molecule has 2 amide bonds. The average Bonchev–Trinajstić information content (AvgIpc) is 2.46. The van der Waals surface area contributed by atoms with E-state index in [1.807, 2.05) is 4.90 Å². The number of nitrogens with one attached hydrogen (secondary N) is 2. The number of hydrogen-bond acceptors (Lipinski definition) is 3. The lowest BCUT2D eigenvalue weighted by Gasteiger charge is -2.42. The molecule has 0 saturated carbocycles. The molecular weight excluding hydrogens is 242 g/mol. The van der Waals surface area contributed by atoms with E-state index in [0.29, 0.717) is 31.5 Å². The van der Waals surface area contributed by atoms with Crippen LogP contribution >= 0.6 is 0 Å². The molecule has 19 heavy (non-hydrogen) atoms. The molecule has 5 nitrogen and oxygen atoms in total. The molecule has 3 unspecified atom stereocenters. The van der Waals surface area contributed by atoms with Crippen LogP contribution in [0.1, 0.15) is 39.5 Å². The highest BCUT2D eigenvalue weighted by molar-refractivity contribution is 5.84. The average molecular weight is 267 g/mol. The van der Waals surface area contributed by atoms with Crippen LogP contribution in [0.3, 0.4) is 0 Å². The van der Waals surface area contributed by atoms with Gasteiger partial charge in [-0.25, -0.2) is 0 Å². The van der Waals surface area contributed by atoms with Crippen LogP contribution in [0.2, 0.25) is 0 Å². The Hall–Kier alpha value is -1.10. The molecule has 0 bridgehead atoms. The Kier molecular flexibility index (Phi) is 4.80. The smallest absolute Gasteiger partial charge is 0.227 e. The molecule has 2 saturated heterocycles. The Bertz CT molecular complexity index is 336. The topological polar surface area (TPSA) is 61.4 Å². The summed E-state index contributed by atoms with van der Waals surface area (Å²) in [4.78, 5) is 25.9. The predicted molar refractivity (Wildman–Crippen MR) is 73.6 cm³/mol. The Morgan fingerprint density at radius 1 is 1.32 bits per heavy atom. The van der Waals surface area contributed by atoms with Crippen molar-refractivity contribution in [2.24, 2.45) is 5.92 Å². The van der Waals surface area contributed by atoms with Gasteiger partial charge in [0, 0.05) is 38.1 Å². The van der Waals surface area contributed by atoms with Gasteiger partial charge in [-0.05, 0) is 19.3 Å². The molecule has 2 fully saturated rings. The molecule has 0 aromatic carbocycles. The molecule has 3 atom stereocenters. The Morgan fingerprint density at radius 3 is 2.68 bits per heavy atom. The van der Waals surface area contributed by atoms with E-state index in [1.165, 1.54) is 0 Å². The molecule has 0 spiro atoms. The Morgan fingerprint density at radius 2 is 2.11 bits per heavy atom. The highest BCUT2D eigenvalue weighted by Gasteiger charge is 2.34. The third-order valence-corrected chi connectivity index (χ3v) is 4.36. The molecule has 0 aromatic rings. The molecule has 0 aliphatic carbocycles. The van der Waals surface area contributed by atoms with Gasteiger partial charge in [-0.3, -0.25) is 9.59 Å². The van der Waals surface area contributed by atoms with Crippen LogP contribution in [0.25, 0.3) is 0 Å². The lowest BCUT2D eigenvalue weighted by atomic mass is 9.95. The fourth-order valence-corrected chi connectivity index (χ4v) is 2.95. The van der Waals surface area contributed by atoms with Crippen molar-refractivity contribution in [2.75, 3.05) is 19.6 Å². The van der Waals surface area contributed by atoms with Gasteiger partial charge in [0.15, 0.2) is 0 Å². The predicted octanol–water partition coefficient (Wildman–Crippen LogP) is 0.502. The summed E-state index contributed by atoms with van der Waals surface area (Å²) in [6.07, 6.45) is 3.20. The van der Waals surface area contributed by atoms with Crippen molar-refractivity contribution in [3.05, 3.63) is 0 Å². The highest BCUT2D eigenvalue weighted by atomic mass is 16.2. The zero-order chi connectivity index (χ0) is 13.8. The number of carbonyl (C=O) groups excluding carboxylic acids is 2. The monoisotopic (exact) mass is 267 g/mol. The number of rotatable bonds is 3. The van der Waals surface area contributed by atoms with E-state index in [-0.39, 0.29) is 17.7 Å². The third kappa shape index (κ3) is 3.26. The van der Waals surface area contributed by atoms with Crippen LogP contribution in [-0.2, 0) is 9.59 Å². The number of piperazine rings is 1. The van der Waals surface area contributed by atoms with Crippen LogP contribution < -0.4 is 10.6 Å². The maximum absolute atomic E-state index is 12.6. The number of nitrogens with zero attached hydrogens (tertiary/aromatic N) is 1. The molecule has 2 heterocycles. The van der Waals surface area contributed by atoms with Crippen molar-refractivity contribution in [1.29, 1.82) is 0 Å². The zero-order valence-corrected chi connectivity index (χ0v) is 11.9. The largest absolute Gasteiger partial charge is 0.355 e. The van der Waals surface area contributed by atoms with Gasteiger partial charge in [0.05, 0.1) is 5.92 Å². The minimum absolute atomic E-state index is 0.0256. The maximum Gasteiger partial charge on any atom is 0.227 e. The minimum Gasteiger partial charge on any atom is -0.355 e. The molecule has 0 radical (unpaired) electrons. The van der Waals surface area contributed by atoms with Crippen LogP contribution in [0.4, 0.5) is 0 Å². The van der Waals surface area contributed by atoms with Gasteiger partial charge >= 0.3 is 0 Å². The van der Waals surface area contributed by atoms with Crippen LogP contribution in [-0.4, -0.2) is 48.4 Å². The van der Waals surface area contributed by atoms with Gasteiger partial charge in [0.1, 0.15) is 0 Å². The lowest BCUT2D eigenvalue weighted by Crippen LogP contribution is -2.60. The summed E-state index contributed by atoms with van der Waals surface area (Å²) in [5.41, 5.74) is 0. The summed E-state index contributed by atoms with van der Waals surface area (Å²) in [6.45, 7) is 6.47. The van der Waals surface area contributed by atoms with Crippen LogP contribution in [0.15, 0.2) is 0 Å². The Labute approximate surface area is 115 Å². The Balaban J connectivity index is 2.00. The van der Waals surface area contributed by atoms with Crippen molar-refractivity contribution in [2.45, 2.75) is 51.6 Å². The van der Waals surface area contributed by atoms with E-state index in [9.17, 15) is 9.59 Å². The highest BCUT2D eigenvalue weighted by Crippen LogP contribution is 2.19. The summed E-state index contributed by atoms with van der Waals surface area (Å²) in [5.74, 6) is 0.275. The standard InChI is InChI=1S/C14H25N3O2/c1-3-11-9-17(12(4-2)8-15-11)14(19)10-5-6-13(18)16-7-10/h10-12,15H,3-9H2,1-2H3,(H,16,18). The molecule has 2 aliphatic heterocycles. The van der Waals surface area contributed by atoms with E-state index < -0.39 is 0 Å². The molecule has 5 heteroatoms. The number of carbonyl (C=O) groups is 2. The van der Waals surface area contributed by atoms with E-state index in [0.717, 1.165) is 25.9 Å². The van der Waals surface area contributed by atoms with Crippen molar-refractivity contribution >= 4 is 11.8 Å². The first-order valence-corrected chi connectivity index (χ1v) is 7.46. The van der Waals surface area contributed by atoms with Crippen molar-refractivity contribution in [3.63, 3.8) is 0 Å². The number of hydrogen-bond donors (Lipinski definition) is 2. The summed E-state index contributed by atoms with van der Waals surface area (Å²) in [5, 5.41) is 6.31. The molecule has 2 aliphatic rings. The summed E-state index contributed by atoms with van der Waals surface area (Å²) >= 11 is 0. The van der Waals surface area contributed by atoms with Gasteiger partial charge in [0.2, 0.25) is 11.8 Å². The first-order chi connectivity index (χ1) is 9.15. The van der Waals surface area contributed by atoms with Gasteiger partial charge in [-0.1, -0.05) is 13.8 Å². The first kappa shape index (κ1) is 14.3. The maximum atomic E-state index is 12.6. The minimum atomic E-state index is -0.0256. The molecule has 0 aromatic heterocycles. The quantitative estimate of drug-likeness (QED) is 0.783. The van der Waals surface area contributed by atoms with Crippen molar-refractivity contribution in [1.82, 2.24) is 15.5 Å². The third-order valence-electron chi connectivity index (χ3n) is 4.36. The van der Waals surface area contributed by atoms with Gasteiger partial charge < -0.3 is 15.5 Å². The van der Waals surface area contributed by atoms with E-state index >= 15 is 0 Å². The number of amides is 2. The van der Waals surface area contributed by atoms with E-state index in [1.54, 1.807) is 0 Å². The molecule has 2 N–H and O–H groups in total. The van der Waals surface area contributed by atoms with Gasteiger partial charge in [-0.15, -0.1) is 0 Å². The van der Waals surface area contributed by atoms with Crippen molar-refractivity contribution < 1.29 is 9.59 Å². The van der Waals surface area contributed by atoms with Crippen LogP contribution in [0.5, 0.6) is 0 Å². The SMILES string of the molecule is CCC1CN(C(=O)C2CCC(=O)NC2)C(CC)CN1. The second kappa shape index (κ2) is 6.37. The molecule has 108 valence electrons. The fraction of sp³-hybridized carbons (Fsp3) is 0.857. The van der Waals surface area contributed by atoms with E-state index in [4.69, 9.17) is 0 Å². The van der Waals surface area contributed by atoms with E-state index in [2.05, 4.69) is 24.5 Å². The van der Waals surface area contributed by atoms with Crippen molar-refractivity contribution in [3.8, 4) is 0 Å². The normalized spacial score (nSPS) is 32.0. The zero-order valence-electron chi connectivity index (χ0n) is 11.9. The first-order valence-electron chi connectivity index (χ1n) is 7.46. The molecular formula is C14H25N3O2. The summed E-state index contributed by atoms with van der Waals surface area (Å²) < 4.78 is 0. The number of piperidine rings is 1.